The second-order valence-corrected chi connectivity index (χ2v) is 11.3. The molecular formula is C30H28BClF2N4O4. The SMILES string of the molecule is Cc1cc([C@@H](C)Nc2ccc(Cl)nc2-c2ccc3c(c2)C=NOB3O)c2oc(N3CCC(F)(F)CC3)c(C)c(=O)c2c1. The van der Waals surface area contributed by atoms with Gasteiger partial charge in [0.1, 0.15) is 10.7 Å². The van der Waals surface area contributed by atoms with Gasteiger partial charge in [-0.15, -0.1) is 5.16 Å². The molecular weight excluding hydrogens is 565 g/mol. The van der Waals surface area contributed by atoms with Crippen LogP contribution in [-0.2, 0) is 4.76 Å². The Morgan fingerprint density at radius 3 is 2.67 bits per heavy atom. The first-order chi connectivity index (χ1) is 20.0. The number of piperidine rings is 1. The molecule has 216 valence electrons. The average molecular weight is 593 g/mol. The Labute approximate surface area is 246 Å². The molecule has 0 spiro atoms. The molecule has 2 N–H and O–H groups in total. The molecule has 2 aliphatic rings. The van der Waals surface area contributed by atoms with Gasteiger partial charge in [0.15, 0.2) is 5.43 Å². The monoisotopic (exact) mass is 592 g/mol. The van der Waals surface area contributed by atoms with Crippen LogP contribution < -0.4 is 21.1 Å². The van der Waals surface area contributed by atoms with Crippen LogP contribution in [0.1, 0.15) is 48.1 Å². The molecule has 8 nitrogen and oxygen atoms in total. The smallest absolute Gasteiger partial charge is 0.440 e. The highest BCUT2D eigenvalue weighted by Gasteiger charge is 2.35. The fourth-order valence-electron chi connectivity index (χ4n) is 5.56. The number of oxime groups is 1. The summed E-state index contributed by atoms with van der Waals surface area (Å²) in [7, 11) is -1.15. The molecule has 0 bridgehead atoms. The lowest BCUT2D eigenvalue weighted by molar-refractivity contribution is -0.0225. The van der Waals surface area contributed by atoms with E-state index in [-0.39, 0.29) is 37.4 Å². The number of nitrogens with zero attached hydrogens (tertiary/aromatic N) is 3. The van der Waals surface area contributed by atoms with E-state index < -0.39 is 13.0 Å². The highest BCUT2D eigenvalue weighted by molar-refractivity contribution is 6.62. The molecule has 2 aliphatic heterocycles. The maximum absolute atomic E-state index is 13.9. The molecule has 1 fully saturated rings. The summed E-state index contributed by atoms with van der Waals surface area (Å²) >= 11 is 6.30. The van der Waals surface area contributed by atoms with E-state index in [4.69, 9.17) is 20.8 Å². The summed E-state index contributed by atoms with van der Waals surface area (Å²) in [6.07, 6.45) is 0.940. The third kappa shape index (κ3) is 5.23. The lowest BCUT2D eigenvalue weighted by Gasteiger charge is -2.33. The summed E-state index contributed by atoms with van der Waals surface area (Å²) in [5.41, 5.74) is 5.53. The molecule has 4 aromatic rings. The number of hydrogen-bond donors (Lipinski definition) is 2. The van der Waals surface area contributed by atoms with E-state index in [1.807, 2.05) is 38.1 Å². The fourth-order valence-corrected chi connectivity index (χ4v) is 5.71. The topological polar surface area (TPSA) is 100 Å². The first kappa shape index (κ1) is 28.2. The molecule has 0 saturated carbocycles. The van der Waals surface area contributed by atoms with Crippen molar-refractivity contribution < 1.29 is 23.0 Å². The number of fused-ring (bicyclic) bond motifs is 2. The number of halogens is 3. The van der Waals surface area contributed by atoms with Crippen molar-refractivity contribution in [1.29, 1.82) is 0 Å². The quantitative estimate of drug-likeness (QED) is 0.230. The van der Waals surface area contributed by atoms with Gasteiger partial charge in [0.05, 0.1) is 34.6 Å². The van der Waals surface area contributed by atoms with Crippen molar-refractivity contribution in [3.05, 3.63) is 80.1 Å². The number of aromatic nitrogens is 1. The van der Waals surface area contributed by atoms with Crippen LogP contribution in [0.4, 0.5) is 20.4 Å². The Balaban J connectivity index is 1.40. The van der Waals surface area contributed by atoms with E-state index in [9.17, 15) is 18.6 Å². The van der Waals surface area contributed by atoms with Gasteiger partial charge in [0.25, 0.3) is 5.92 Å². The highest BCUT2D eigenvalue weighted by atomic mass is 35.5. The van der Waals surface area contributed by atoms with Crippen LogP contribution in [0, 0.1) is 13.8 Å². The third-order valence-corrected chi connectivity index (χ3v) is 8.04. The maximum atomic E-state index is 13.9. The number of pyridine rings is 1. The number of rotatable bonds is 5. The standard InChI is InChI=1S/C30H28BClF2N4O4/c1-16-12-21(28-22(13-16)27(39)17(2)29(41-28)38-10-8-30(33,34)9-11-38)18(3)36-24-6-7-25(32)37-26(24)19-4-5-23-20(14-19)15-35-42-31(23)40/h4-7,12-15,18,36,40H,8-11H2,1-3H3/t18-/m1/s1. The number of alkyl halides is 2. The van der Waals surface area contributed by atoms with Crippen LogP contribution in [0.5, 0.6) is 0 Å². The van der Waals surface area contributed by atoms with Crippen LogP contribution in [0.15, 0.2) is 56.8 Å². The molecule has 0 unspecified atom stereocenters. The summed E-state index contributed by atoms with van der Waals surface area (Å²) in [5, 5.41) is 18.1. The van der Waals surface area contributed by atoms with Crippen molar-refractivity contribution in [2.75, 3.05) is 23.3 Å². The van der Waals surface area contributed by atoms with Crippen molar-refractivity contribution >= 4 is 52.9 Å². The number of aryl methyl sites for hydroxylation is 1. The van der Waals surface area contributed by atoms with Crippen LogP contribution in [0.3, 0.4) is 0 Å². The minimum atomic E-state index is -2.72. The Morgan fingerprint density at radius 1 is 1.14 bits per heavy atom. The zero-order valence-corrected chi connectivity index (χ0v) is 24.0. The molecule has 2 aromatic carbocycles. The van der Waals surface area contributed by atoms with Crippen molar-refractivity contribution in [2.24, 2.45) is 5.16 Å². The summed E-state index contributed by atoms with van der Waals surface area (Å²) < 4.78 is 39.0. The average Bonchev–Trinajstić information content (AvgIpc) is 2.96. The third-order valence-electron chi connectivity index (χ3n) is 7.83. The van der Waals surface area contributed by atoms with Gasteiger partial charge in [-0.25, -0.2) is 13.8 Å². The molecule has 2 aromatic heterocycles. The van der Waals surface area contributed by atoms with E-state index in [1.165, 1.54) is 6.21 Å². The van der Waals surface area contributed by atoms with Crippen LogP contribution in [-0.4, -0.2) is 42.4 Å². The van der Waals surface area contributed by atoms with Gasteiger partial charge < -0.3 is 24.4 Å². The molecule has 12 heteroatoms. The Bertz CT molecular complexity index is 1790. The van der Waals surface area contributed by atoms with Crippen molar-refractivity contribution in [2.45, 2.75) is 45.6 Å². The number of benzene rings is 2. The van der Waals surface area contributed by atoms with Crippen LogP contribution >= 0.6 is 11.6 Å². The van der Waals surface area contributed by atoms with Gasteiger partial charge in [0, 0.05) is 42.5 Å². The van der Waals surface area contributed by atoms with E-state index in [1.54, 1.807) is 30.0 Å². The molecule has 0 amide bonds. The van der Waals surface area contributed by atoms with E-state index in [0.717, 1.165) is 16.7 Å². The molecule has 0 radical (unpaired) electrons. The molecule has 4 heterocycles. The number of hydrogen-bond acceptors (Lipinski definition) is 8. The minimum absolute atomic E-state index is 0.103. The second kappa shape index (κ2) is 10.7. The molecule has 6 rings (SSSR count). The summed E-state index contributed by atoms with van der Waals surface area (Å²) in [6, 6.07) is 12.3. The second-order valence-electron chi connectivity index (χ2n) is 10.9. The van der Waals surface area contributed by atoms with Gasteiger partial charge in [0.2, 0.25) is 5.88 Å². The predicted octanol–water partition coefficient (Wildman–Crippen LogP) is 5.59. The minimum Gasteiger partial charge on any atom is -0.440 e. The zero-order chi connectivity index (χ0) is 29.8. The predicted molar refractivity (Wildman–Crippen MR) is 161 cm³/mol. The maximum Gasteiger partial charge on any atom is 0.583 e. The van der Waals surface area contributed by atoms with E-state index in [2.05, 4.69) is 15.5 Å². The van der Waals surface area contributed by atoms with Crippen molar-refractivity contribution in [3.63, 3.8) is 0 Å². The largest absolute Gasteiger partial charge is 0.583 e. The van der Waals surface area contributed by atoms with E-state index in [0.29, 0.717) is 50.0 Å². The van der Waals surface area contributed by atoms with Crippen LogP contribution in [0.25, 0.3) is 22.2 Å². The van der Waals surface area contributed by atoms with E-state index >= 15 is 0 Å². The normalized spacial score (nSPS) is 16.7. The van der Waals surface area contributed by atoms with Crippen molar-refractivity contribution in [1.82, 2.24) is 4.98 Å². The van der Waals surface area contributed by atoms with Gasteiger partial charge in [-0.1, -0.05) is 29.8 Å². The molecule has 1 saturated heterocycles. The first-order valence-electron chi connectivity index (χ1n) is 13.7. The van der Waals surface area contributed by atoms with Gasteiger partial charge in [-0.2, -0.15) is 0 Å². The number of anilines is 2. The lowest BCUT2D eigenvalue weighted by Crippen LogP contribution is -2.40. The van der Waals surface area contributed by atoms with Crippen LogP contribution in [0.2, 0.25) is 5.15 Å². The summed E-state index contributed by atoms with van der Waals surface area (Å²) in [4.78, 5) is 19.8. The number of nitrogens with one attached hydrogen (secondary N) is 1. The summed E-state index contributed by atoms with van der Waals surface area (Å²) in [5.74, 6) is -2.39. The first-order valence-corrected chi connectivity index (χ1v) is 14.0. The Morgan fingerprint density at radius 2 is 1.90 bits per heavy atom. The van der Waals surface area contributed by atoms with Crippen molar-refractivity contribution in [3.8, 4) is 11.3 Å². The van der Waals surface area contributed by atoms with Gasteiger partial charge in [-0.05, 0) is 56.2 Å². The summed E-state index contributed by atoms with van der Waals surface area (Å²) in [6.45, 7) is 5.74. The molecule has 42 heavy (non-hydrogen) atoms. The zero-order valence-electron chi connectivity index (χ0n) is 23.2. The fraction of sp³-hybridized carbons (Fsp3) is 0.300. The Kier molecular flexibility index (Phi) is 7.18. The van der Waals surface area contributed by atoms with Gasteiger partial charge in [-0.3, -0.25) is 4.79 Å². The molecule has 0 aliphatic carbocycles. The highest BCUT2D eigenvalue weighted by Crippen LogP contribution is 2.36. The lowest BCUT2D eigenvalue weighted by atomic mass is 9.75. The molecule has 1 atom stereocenters. The van der Waals surface area contributed by atoms with Gasteiger partial charge >= 0.3 is 7.12 Å². The Hall–Kier alpha value is -3.96.